The van der Waals surface area contributed by atoms with Crippen LogP contribution in [0.3, 0.4) is 0 Å². The number of alkyl carbamates (subject to hydrolysis) is 1. The highest BCUT2D eigenvalue weighted by molar-refractivity contribution is 7.11. The van der Waals surface area contributed by atoms with Crippen molar-refractivity contribution in [2.45, 2.75) is 39.7 Å². The van der Waals surface area contributed by atoms with Crippen LogP contribution >= 0.6 is 11.3 Å². The van der Waals surface area contributed by atoms with Crippen molar-refractivity contribution in [2.75, 3.05) is 12.3 Å². The van der Waals surface area contributed by atoms with Crippen LogP contribution in [0, 0.1) is 0 Å². The van der Waals surface area contributed by atoms with E-state index in [1.807, 2.05) is 24.3 Å². The summed E-state index contributed by atoms with van der Waals surface area (Å²) in [5.74, 6) is 0. The molecule has 0 aliphatic heterocycles. The summed E-state index contributed by atoms with van der Waals surface area (Å²) in [6.07, 6.45) is 2.43. The molecule has 1 aromatic carbocycles. The molecule has 5 nitrogen and oxygen atoms in total. The molecule has 1 amide bonds. The number of aromatic nitrogens is 1. The standard InChI is InChI=1S/C17H23N3O2S/c1-3-5-14-15(10-12-6-8-13(18)9-7-12)23-16(20-14)11-19-17(21)22-4-2/h6-9H,3-5,10-11,18H2,1-2H3,(H,19,21). The van der Waals surface area contributed by atoms with Gasteiger partial charge in [0.2, 0.25) is 0 Å². The van der Waals surface area contributed by atoms with Crippen molar-refractivity contribution in [1.82, 2.24) is 10.3 Å². The Balaban J connectivity index is 2.08. The number of nitrogens with one attached hydrogen (secondary N) is 1. The number of nitrogen functional groups attached to an aromatic ring is 1. The Kier molecular flexibility index (Phi) is 6.40. The van der Waals surface area contributed by atoms with Gasteiger partial charge in [-0.05, 0) is 31.0 Å². The third kappa shape index (κ3) is 5.25. The van der Waals surface area contributed by atoms with Crippen molar-refractivity contribution >= 4 is 23.1 Å². The maximum absolute atomic E-state index is 11.4. The number of amides is 1. The van der Waals surface area contributed by atoms with Crippen molar-refractivity contribution in [1.29, 1.82) is 0 Å². The molecule has 1 aromatic heterocycles. The number of hydrogen-bond acceptors (Lipinski definition) is 5. The number of aryl methyl sites for hydroxylation is 1. The number of nitrogens with zero attached hydrogens (tertiary/aromatic N) is 1. The number of anilines is 1. The Labute approximate surface area is 140 Å². The molecule has 0 radical (unpaired) electrons. The number of carbonyl (C=O) groups is 1. The van der Waals surface area contributed by atoms with Gasteiger partial charge < -0.3 is 15.8 Å². The van der Waals surface area contributed by atoms with Gasteiger partial charge in [-0.15, -0.1) is 11.3 Å². The molecular formula is C17H23N3O2S. The van der Waals surface area contributed by atoms with Crippen molar-refractivity contribution in [2.24, 2.45) is 0 Å². The van der Waals surface area contributed by atoms with E-state index in [-0.39, 0.29) is 0 Å². The molecule has 2 aromatic rings. The topological polar surface area (TPSA) is 77.2 Å². The zero-order valence-corrected chi connectivity index (χ0v) is 14.4. The quantitative estimate of drug-likeness (QED) is 0.760. The van der Waals surface area contributed by atoms with Gasteiger partial charge in [-0.3, -0.25) is 0 Å². The van der Waals surface area contributed by atoms with E-state index in [2.05, 4.69) is 17.2 Å². The van der Waals surface area contributed by atoms with Crippen LogP contribution < -0.4 is 11.1 Å². The second-order valence-corrected chi connectivity index (χ2v) is 6.39. The van der Waals surface area contributed by atoms with Crippen molar-refractivity contribution in [3.63, 3.8) is 0 Å². The molecule has 0 aliphatic carbocycles. The number of carbonyl (C=O) groups excluding carboxylic acids is 1. The molecule has 0 unspecified atom stereocenters. The molecule has 0 spiro atoms. The van der Waals surface area contributed by atoms with Crippen molar-refractivity contribution in [3.8, 4) is 0 Å². The molecule has 0 saturated heterocycles. The Morgan fingerprint density at radius 1 is 1.30 bits per heavy atom. The number of thiazole rings is 1. The lowest BCUT2D eigenvalue weighted by atomic mass is 10.1. The van der Waals surface area contributed by atoms with E-state index in [1.165, 1.54) is 10.4 Å². The highest BCUT2D eigenvalue weighted by atomic mass is 32.1. The second-order valence-electron chi connectivity index (χ2n) is 5.22. The van der Waals surface area contributed by atoms with E-state index in [0.717, 1.165) is 35.7 Å². The van der Waals surface area contributed by atoms with Crippen LogP contribution in [0.5, 0.6) is 0 Å². The lowest BCUT2D eigenvalue weighted by molar-refractivity contribution is 0.151. The van der Waals surface area contributed by atoms with Gasteiger partial charge in [0.1, 0.15) is 5.01 Å². The third-order valence-corrected chi connectivity index (χ3v) is 4.41. The fourth-order valence-corrected chi connectivity index (χ4v) is 3.32. The number of rotatable bonds is 7. The summed E-state index contributed by atoms with van der Waals surface area (Å²) in [4.78, 5) is 17.3. The van der Waals surface area contributed by atoms with Crippen LogP contribution in [0.2, 0.25) is 0 Å². The molecule has 6 heteroatoms. The Morgan fingerprint density at radius 3 is 2.70 bits per heavy atom. The monoisotopic (exact) mass is 333 g/mol. The molecule has 0 atom stereocenters. The molecule has 0 aliphatic rings. The van der Waals surface area contributed by atoms with E-state index < -0.39 is 6.09 Å². The van der Waals surface area contributed by atoms with Crippen LogP contribution in [-0.4, -0.2) is 17.7 Å². The normalized spacial score (nSPS) is 10.5. The van der Waals surface area contributed by atoms with Crippen LogP contribution in [0.1, 0.15) is 41.4 Å². The van der Waals surface area contributed by atoms with E-state index in [9.17, 15) is 4.79 Å². The molecular weight excluding hydrogens is 310 g/mol. The lowest BCUT2D eigenvalue weighted by Crippen LogP contribution is -2.23. The van der Waals surface area contributed by atoms with E-state index >= 15 is 0 Å². The number of ether oxygens (including phenoxy) is 1. The van der Waals surface area contributed by atoms with Crippen molar-refractivity contribution in [3.05, 3.63) is 45.4 Å². The van der Waals surface area contributed by atoms with Gasteiger partial charge in [-0.2, -0.15) is 0 Å². The van der Waals surface area contributed by atoms with Gasteiger partial charge >= 0.3 is 6.09 Å². The molecule has 0 bridgehead atoms. The molecule has 0 fully saturated rings. The largest absolute Gasteiger partial charge is 0.450 e. The van der Waals surface area contributed by atoms with E-state index in [4.69, 9.17) is 10.5 Å². The summed E-state index contributed by atoms with van der Waals surface area (Å²) in [7, 11) is 0. The molecule has 3 N–H and O–H groups in total. The van der Waals surface area contributed by atoms with Crippen LogP contribution in [-0.2, 0) is 24.1 Å². The van der Waals surface area contributed by atoms with Crippen LogP contribution in [0.4, 0.5) is 10.5 Å². The lowest BCUT2D eigenvalue weighted by Gasteiger charge is -2.02. The van der Waals surface area contributed by atoms with Gasteiger partial charge in [-0.1, -0.05) is 25.5 Å². The average molecular weight is 333 g/mol. The summed E-state index contributed by atoms with van der Waals surface area (Å²) in [5.41, 5.74) is 8.84. The first kappa shape index (κ1) is 17.3. The van der Waals surface area contributed by atoms with Gasteiger partial charge in [-0.25, -0.2) is 9.78 Å². The maximum atomic E-state index is 11.4. The van der Waals surface area contributed by atoms with E-state index in [0.29, 0.717) is 13.2 Å². The average Bonchev–Trinajstić information content (AvgIpc) is 2.90. The van der Waals surface area contributed by atoms with Crippen LogP contribution in [0.15, 0.2) is 24.3 Å². The summed E-state index contributed by atoms with van der Waals surface area (Å²) in [6, 6.07) is 7.92. The number of hydrogen-bond donors (Lipinski definition) is 2. The maximum Gasteiger partial charge on any atom is 0.407 e. The highest BCUT2D eigenvalue weighted by Crippen LogP contribution is 2.24. The minimum absolute atomic E-state index is 0.368. The highest BCUT2D eigenvalue weighted by Gasteiger charge is 2.12. The zero-order chi connectivity index (χ0) is 16.7. The predicted octanol–water partition coefficient (Wildman–Crippen LogP) is 3.51. The van der Waals surface area contributed by atoms with Gasteiger partial charge in [0.25, 0.3) is 0 Å². The first-order valence-electron chi connectivity index (χ1n) is 7.84. The number of nitrogens with two attached hydrogens (primary N) is 1. The third-order valence-electron chi connectivity index (χ3n) is 3.31. The van der Waals surface area contributed by atoms with Crippen LogP contribution in [0.25, 0.3) is 0 Å². The smallest absolute Gasteiger partial charge is 0.407 e. The molecule has 124 valence electrons. The predicted molar refractivity (Wildman–Crippen MR) is 93.6 cm³/mol. The molecule has 23 heavy (non-hydrogen) atoms. The minimum Gasteiger partial charge on any atom is -0.450 e. The summed E-state index contributed by atoms with van der Waals surface area (Å²) in [6.45, 7) is 4.70. The first-order valence-corrected chi connectivity index (χ1v) is 8.66. The molecule has 0 saturated carbocycles. The fourth-order valence-electron chi connectivity index (χ4n) is 2.23. The Hall–Kier alpha value is -2.08. The fraction of sp³-hybridized carbons (Fsp3) is 0.412. The Bertz CT molecular complexity index is 638. The second kappa shape index (κ2) is 8.53. The Morgan fingerprint density at radius 2 is 2.04 bits per heavy atom. The summed E-state index contributed by atoms with van der Waals surface area (Å²) < 4.78 is 4.87. The van der Waals surface area contributed by atoms with Gasteiger partial charge in [0, 0.05) is 17.0 Å². The zero-order valence-electron chi connectivity index (χ0n) is 13.6. The summed E-state index contributed by atoms with van der Waals surface area (Å²) in [5, 5.41) is 3.63. The first-order chi connectivity index (χ1) is 11.1. The molecule has 2 rings (SSSR count). The van der Waals surface area contributed by atoms with E-state index in [1.54, 1.807) is 18.3 Å². The minimum atomic E-state index is -0.403. The van der Waals surface area contributed by atoms with Gasteiger partial charge in [0.05, 0.1) is 18.8 Å². The van der Waals surface area contributed by atoms with Crippen molar-refractivity contribution < 1.29 is 9.53 Å². The SMILES string of the molecule is CCCc1nc(CNC(=O)OCC)sc1Cc1ccc(N)cc1. The van der Waals surface area contributed by atoms with Gasteiger partial charge in [0.15, 0.2) is 0 Å². The molecule has 1 heterocycles. The summed E-state index contributed by atoms with van der Waals surface area (Å²) >= 11 is 1.65. The number of benzene rings is 1.